The van der Waals surface area contributed by atoms with Crippen molar-refractivity contribution in [2.24, 2.45) is 0 Å². The molecule has 0 unspecified atom stereocenters. The summed E-state index contributed by atoms with van der Waals surface area (Å²) in [4.78, 5) is 11.3. The highest BCUT2D eigenvalue weighted by Gasteiger charge is 2.37. The molecule has 20 heavy (non-hydrogen) atoms. The Bertz CT molecular complexity index is 303. The summed E-state index contributed by atoms with van der Waals surface area (Å²) in [5, 5.41) is 0. The van der Waals surface area contributed by atoms with Gasteiger partial charge in [-0.25, -0.2) is 4.79 Å². The van der Waals surface area contributed by atoms with E-state index in [1.54, 1.807) is 6.92 Å². The van der Waals surface area contributed by atoms with Crippen LogP contribution in [0.25, 0.3) is 0 Å². The predicted octanol–water partition coefficient (Wildman–Crippen LogP) is 3.81. The maximum absolute atomic E-state index is 11.3. The minimum Gasteiger partial charge on any atom is -0.462 e. The molecule has 0 radical (unpaired) electrons. The number of carbonyl (C=O) groups excluding carboxylic acids is 1. The average Bonchev–Trinajstić information content (AvgIpc) is 2.32. The van der Waals surface area contributed by atoms with Crippen molar-refractivity contribution in [3.8, 4) is 0 Å². The Morgan fingerprint density at radius 1 is 1.15 bits per heavy atom. The highest BCUT2D eigenvalue weighted by atomic mass is 28.4. The second-order valence-corrected chi connectivity index (χ2v) is 9.12. The second kappa shape index (κ2) is 9.31. The maximum Gasteiger partial charge on any atom is 0.338 e. The minimum absolute atomic E-state index is 0.151. The molecule has 0 N–H and O–H groups in total. The molecule has 0 aliphatic rings. The fourth-order valence-corrected chi connectivity index (χ4v) is 5.36. The van der Waals surface area contributed by atoms with Gasteiger partial charge >= 0.3 is 14.5 Å². The van der Waals surface area contributed by atoms with Crippen molar-refractivity contribution in [2.75, 3.05) is 6.61 Å². The smallest absolute Gasteiger partial charge is 0.338 e. The van der Waals surface area contributed by atoms with E-state index in [-0.39, 0.29) is 18.2 Å². The largest absolute Gasteiger partial charge is 0.462 e. The van der Waals surface area contributed by atoms with Crippen LogP contribution in [0.4, 0.5) is 0 Å². The van der Waals surface area contributed by atoms with Crippen LogP contribution in [-0.4, -0.2) is 33.3 Å². The van der Waals surface area contributed by atoms with Crippen LogP contribution < -0.4 is 0 Å². The average molecular weight is 302 g/mol. The van der Waals surface area contributed by atoms with Gasteiger partial charge < -0.3 is 13.6 Å². The van der Waals surface area contributed by atoms with Crippen LogP contribution in [0.5, 0.6) is 0 Å². The van der Waals surface area contributed by atoms with E-state index >= 15 is 0 Å². The summed E-state index contributed by atoms with van der Waals surface area (Å²) in [5.41, 5.74) is 0.431. The van der Waals surface area contributed by atoms with Crippen LogP contribution in [0, 0.1) is 0 Å². The van der Waals surface area contributed by atoms with Crippen LogP contribution in [0.3, 0.4) is 0 Å². The van der Waals surface area contributed by atoms with Gasteiger partial charge in [-0.1, -0.05) is 13.5 Å². The lowest BCUT2D eigenvalue weighted by Gasteiger charge is -2.33. The topological polar surface area (TPSA) is 44.8 Å². The third kappa shape index (κ3) is 7.82. The van der Waals surface area contributed by atoms with Gasteiger partial charge in [0.2, 0.25) is 0 Å². The highest BCUT2D eigenvalue weighted by molar-refractivity contribution is 6.67. The Hall–Kier alpha value is -0.653. The van der Waals surface area contributed by atoms with E-state index in [1.807, 2.05) is 27.7 Å². The summed E-state index contributed by atoms with van der Waals surface area (Å²) < 4.78 is 17.3. The van der Waals surface area contributed by atoms with Crippen molar-refractivity contribution >= 4 is 14.5 Å². The van der Waals surface area contributed by atoms with Gasteiger partial charge in [0.05, 0.1) is 6.61 Å². The van der Waals surface area contributed by atoms with E-state index in [0.717, 1.165) is 18.5 Å². The van der Waals surface area contributed by atoms with Crippen LogP contribution >= 0.6 is 0 Å². The molecule has 0 aromatic rings. The lowest BCUT2D eigenvalue weighted by Crippen LogP contribution is -2.45. The molecule has 0 saturated carbocycles. The predicted molar refractivity (Wildman–Crippen MR) is 83.9 cm³/mol. The van der Waals surface area contributed by atoms with E-state index in [9.17, 15) is 4.79 Å². The van der Waals surface area contributed by atoms with Crippen LogP contribution in [0.2, 0.25) is 12.1 Å². The molecule has 0 bridgehead atoms. The van der Waals surface area contributed by atoms with Crippen LogP contribution in [-0.2, 0) is 18.4 Å². The van der Waals surface area contributed by atoms with E-state index < -0.39 is 8.56 Å². The Labute approximate surface area is 124 Å². The lowest BCUT2D eigenvalue weighted by atomic mass is 10.4. The molecule has 0 rings (SSSR count). The zero-order chi connectivity index (χ0) is 15.8. The molecule has 0 aliphatic carbocycles. The van der Waals surface area contributed by atoms with Crippen molar-refractivity contribution in [2.45, 2.75) is 72.3 Å². The molecular weight excluding hydrogens is 272 g/mol. The first kappa shape index (κ1) is 19.3. The molecule has 4 nitrogen and oxygen atoms in total. The molecular formula is C15H30O4Si. The fourth-order valence-electron chi connectivity index (χ4n) is 1.98. The van der Waals surface area contributed by atoms with E-state index in [2.05, 4.69) is 13.5 Å². The molecule has 0 heterocycles. The van der Waals surface area contributed by atoms with Crippen molar-refractivity contribution < 1.29 is 18.4 Å². The van der Waals surface area contributed by atoms with Gasteiger partial charge in [-0.2, -0.15) is 0 Å². The number of ether oxygens (including phenoxy) is 1. The minimum atomic E-state index is -2.21. The SMILES string of the molecule is C=C(C)C(=O)OCCC[Si](CC)(OC(C)C)OC(C)C. The summed E-state index contributed by atoms with van der Waals surface area (Å²) in [6.07, 6.45) is 1.06. The molecule has 5 heteroatoms. The van der Waals surface area contributed by atoms with Gasteiger partial charge in [0.25, 0.3) is 0 Å². The first-order chi connectivity index (χ1) is 9.22. The molecule has 0 fully saturated rings. The quantitative estimate of drug-likeness (QED) is 0.266. The first-order valence-corrected chi connectivity index (χ1v) is 9.63. The Kier molecular flexibility index (Phi) is 9.01. The molecule has 0 aliphatic heterocycles. The summed E-state index contributed by atoms with van der Waals surface area (Å²) in [5.74, 6) is -0.330. The van der Waals surface area contributed by atoms with Gasteiger partial charge in [0.15, 0.2) is 0 Å². The number of rotatable bonds is 10. The summed E-state index contributed by atoms with van der Waals surface area (Å²) in [6, 6.07) is 1.74. The van der Waals surface area contributed by atoms with Crippen molar-refractivity contribution in [1.82, 2.24) is 0 Å². The Balaban J connectivity index is 4.41. The third-order valence-corrected chi connectivity index (χ3v) is 6.72. The highest BCUT2D eigenvalue weighted by Crippen LogP contribution is 2.24. The first-order valence-electron chi connectivity index (χ1n) is 7.40. The molecule has 0 saturated heterocycles. The molecule has 0 spiro atoms. The van der Waals surface area contributed by atoms with Gasteiger partial charge in [0, 0.05) is 17.8 Å². The molecule has 0 aromatic heterocycles. The standard InChI is InChI=1S/C15H30O4Si/c1-8-20(18-13(4)5,19-14(6)7)11-9-10-17-15(16)12(2)3/h13-14H,2,8-11H2,1,3-7H3. The number of carbonyl (C=O) groups is 1. The zero-order valence-electron chi connectivity index (χ0n) is 13.8. The van der Waals surface area contributed by atoms with Crippen molar-refractivity contribution in [3.05, 3.63) is 12.2 Å². The fraction of sp³-hybridized carbons (Fsp3) is 0.800. The Morgan fingerprint density at radius 2 is 1.65 bits per heavy atom. The van der Waals surface area contributed by atoms with E-state index in [0.29, 0.717) is 12.2 Å². The van der Waals surface area contributed by atoms with Crippen LogP contribution in [0.15, 0.2) is 12.2 Å². The molecule has 0 amide bonds. The van der Waals surface area contributed by atoms with Gasteiger partial charge in [-0.3, -0.25) is 0 Å². The second-order valence-electron chi connectivity index (χ2n) is 5.62. The van der Waals surface area contributed by atoms with Gasteiger partial charge in [-0.15, -0.1) is 0 Å². The molecule has 118 valence electrons. The summed E-state index contributed by atoms with van der Waals surface area (Å²) >= 11 is 0. The zero-order valence-corrected chi connectivity index (χ0v) is 14.8. The maximum atomic E-state index is 11.3. The lowest BCUT2D eigenvalue weighted by molar-refractivity contribution is -0.139. The van der Waals surface area contributed by atoms with Gasteiger partial charge in [-0.05, 0) is 53.1 Å². The summed E-state index contributed by atoms with van der Waals surface area (Å²) in [6.45, 7) is 15.8. The van der Waals surface area contributed by atoms with Crippen LogP contribution in [0.1, 0.15) is 48.0 Å². The Morgan fingerprint density at radius 3 is 2.00 bits per heavy atom. The van der Waals surface area contributed by atoms with Crippen molar-refractivity contribution in [3.63, 3.8) is 0 Å². The number of hydrogen-bond donors (Lipinski definition) is 0. The summed E-state index contributed by atoms with van der Waals surface area (Å²) in [7, 11) is -2.21. The van der Waals surface area contributed by atoms with Gasteiger partial charge in [0.1, 0.15) is 0 Å². The van der Waals surface area contributed by atoms with E-state index in [4.69, 9.17) is 13.6 Å². The van der Waals surface area contributed by atoms with Crippen molar-refractivity contribution in [1.29, 1.82) is 0 Å². The van der Waals surface area contributed by atoms with E-state index in [1.165, 1.54) is 0 Å². The third-order valence-electron chi connectivity index (χ3n) is 2.72. The monoisotopic (exact) mass is 302 g/mol. The number of hydrogen-bond acceptors (Lipinski definition) is 4. The molecule has 0 aromatic carbocycles. The normalized spacial score (nSPS) is 12.0. The number of esters is 1. The molecule has 0 atom stereocenters.